The first-order valence-corrected chi connectivity index (χ1v) is 6.79. The second kappa shape index (κ2) is 5.84. The number of hydrogen-bond acceptors (Lipinski definition) is 4. The van der Waals surface area contributed by atoms with Crippen LogP contribution in [0, 0.1) is 0 Å². The Bertz CT molecular complexity index is 880. The van der Waals surface area contributed by atoms with E-state index in [-0.39, 0.29) is 5.56 Å². The van der Waals surface area contributed by atoms with Crippen LogP contribution >= 0.6 is 0 Å². The van der Waals surface area contributed by atoms with E-state index in [1.807, 2.05) is 6.07 Å². The van der Waals surface area contributed by atoms with Gasteiger partial charge in [0.15, 0.2) is 0 Å². The Morgan fingerprint density at radius 3 is 2.35 bits per heavy atom. The van der Waals surface area contributed by atoms with Crippen molar-refractivity contribution in [2.75, 3.05) is 7.11 Å². The van der Waals surface area contributed by atoms with Crippen molar-refractivity contribution in [3.8, 4) is 11.5 Å². The van der Waals surface area contributed by atoms with E-state index in [4.69, 9.17) is 9.84 Å². The first-order chi connectivity index (χ1) is 11.1. The Labute approximate surface area is 131 Å². The van der Waals surface area contributed by atoms with Gasteiger partial charge in [0.25, 0.3) is 0 Å². The molecule has 2 aromatic carbocycles. The fourth-order valence-electron chi connectivity index (χ4n) is 2.19. The van der Waals surface area contributed by atoms with Crippen LogP contribution in [0.2, 0.25) is 0 Å². The van der Waals surface area contributed by atoms with E-state index in [1.54, 1.807) is 30.3 Å². The summed E-state index contributed by atoms with van der Waals surface area (Å²) in [5.74, 6) is -0.333. The summed E-state index contributed by atoms with van der Waals surface area (Å²) in [6.45, 7) is 0. The number of methoxy groups -OCH3 is 1. The maximum absolute atomic E-state index is 11.5. The maximum atomic E-state index is 11.5. The topological polar surface area (TPSA) is 88.6 Å². The highest BCUT2D eigenvalue weighted by Crippen LogP contribution is 2.26. The average molecular weight is 311 g/mol. The van der Waals surface area contributed by atoms with Gasteiger partial charge in [0.1, 0.15) is 17.2 Å². The molecule has 0 unspecified atom stereocenters. The fraction of sp³-hybridized carbons (Fsp3) is 0.0588. The third kappa shape index (κ3) is 3.01. The number of aromatic carboxylic acids is 1. The summed E-state index contributed by atoms with van der Waals surface area (Å²) in [6, 6.07) is 13.2. The molecule has 0 aliphatic rings. The van der Waals surface area contributed by atoms with Gasteiger partial charge in [-0.15, -0.1) is 0 Å². The SMILES string of the molecule is COC(=O)c1cc2ccc(Oc3ccc(C(=O)O)cc3)cc2[nH]1. The molecule has 6 heteroatoms. The molecule has 0 saturated carbocycles. The number of carboxylic acids is 1. The highest BCUT2D eigenvalue weighted by atomic mass is 16.5. The number of aromatic nitrogens is 1. The number of carbonyl (C=O) groups excluding carboxylic acids is 1. The van der Waals surface area contributed by atoms with Crippen LogP contribution in [-0.2, 0) is 4.74 Å². The smallest absolute Gasteiger partial charge is 0.354 e. The summed E-state index contributed by atoms with van der Waals surface area (Å²) in [5, 5.41) is 9.73. The predicted octanol–water partition coefficient (Wildman–Crippen LogP) is 3.45. The van der Waals surface area contributed by atoms with Crippen molar-refractivity contribution in [3.05, 3.63) is 59.8 Å². The lowest BCUT2D eigenvalue weighted by Crippen LogP contribution is -2.00. The summed E-state index contributed by atoms with van der Waals surface area (Å²) < 4.78 is 10.4. The monoisotopic (exact) mass is 311 g/mol. The fourth-order valence-corrected chi connectivity index (χ4v) is 2.19. The Balaban J connectivity index is 1.85. The molecule has 0 saturated heterocycles. The van der Waals surface area contributed by atoms with Crippen molar-refractivity contribution in [3.63, 3.8) is 0 Å². The number of aromatic amines is 1. The summed E-state index contributed by atoms with van der Waals surface area (Å²) >= 11 is 0. The molecule has 2 N–H and O–H groups in total. The van der Waals surface area contributed by atoms with Gasteiger partial charge in [-0.05, 0) is 42.5 Å². The standard InChI is InChI=1S/C17H13NO5/c1-22-17(21)15-8-11-4-7-13(9-14(11)18-15)23-12-5-2-10(3-6-12)16(19)20/h2-9,18H,1H3,(H,19,20). The number of H-pyrrole nitrogens is 1. The van der Waals surface area contributed by atoms with Crippen LogP contribution < -0.4 is 4.74 Å². The van der Waals surface area contributed by atoms with Crippen molar-refractivity contribution in [1.29, 1.82) is 0 Å². The molecule has 6 nitrogen and oxygen atoms in total. The number of carbonyl (C=O) groups is 2. The molecule has 0 atom stereocenters. The van der Waals surface area contributed by atoms with Crippen LogP contribution in [-0.4, -0.2) is 29.1 Å². The average Bonchev–Trinajstić information content (AvgIpc) is 2.98. The third-order valence-corrected chi connectivity index (χ3v) is 3.34. The lowest BCUT2D eigenvalue weighted by molar-refractivity contribution is 0.0594. The zero-order valence-corrected chi connectivity index (χ0v) is 12.2. The third-order valence-electron chi connectivity index (χ3n) is 3.34. The minimum absolute atomic E-state index is 0.194. The van der Waals surface area contributed by atoms with E-state index < -0.39 is 11.9 Å². The molecule has 3 aromatic rings. The van der Waals surface area contributed by atoms with E-state index in [2.05, 4.69) is 9.72 Å². The van der Waals surface area contributed by atoms with Crippen molar-refractivity contribution < 1.29 is 24.2 Å². The molecule has 1 heterocycles. The summed E-state index contributed by atoms with van der Waals surface area (Å²) in [4.78, 5) is 25.3. The number of hydrogen-bond donors (Lipinski definition) is 2. The van der Waals surface area contributed by atoms with Gasteiger partial charge >= 0.3 is 11.9 Å². The van der Waals surface area contributed by atoms with E-state index in [9.17, 15) is 9.59 Å². The van der Waals surface area contributed by atoms with Gasteiger partial charge in [-0.1, -0.05) is 0 Å². The minimum Gasteiger partial charge on any atom is -0.478 e. The summed E-state index contributed by atoms with van der Waals surface area (Å²) in [7, 11) is 1.32. The van der Waals surface area contributed by atoms with E-state index in [0.29, 0.717) is 17.2 Å². The van der Waals surface area contributed by atoms with Crippen LogP contribution in [0.5, 0.6) is 11.5 Å². The van der Waals surface area contributed by atoms with Gasteiger partial charge in [-0.25, -0.2) is 9.59 Å². The quantitative estimate of drug-likeness (QED) is 0.720. The number of esters is 1. The van der Waals surface area contributed by atoms with Crippen LogP contribution in [0.4, 0.5) is 0 Å². The molecule has 116 valence electrons. The number of rotatable bonds is 4. The molecule has 0 spiro atoms. The first-order valence-electron chi connectivity index (χ1n) is 6.79. The Hall–Kier alpha value is -3.28. The zero-order valence-electron chi connectivity index (χ0n) is 12.2. The van der Waals surface area contributed by atoms with Crippen molar-refractivity contribution in [1.82, 2.24) is 4.98 Å². The van der Waals surface area contributed by atoms with Crippen molar-refractivity contribution >= 4 is 22.8 Å². The molecular formula is C17H13NO5. The molecule has 0 radical (unpaired) electrons. The first kappa shape index (κ1) is 14.6. The highest BCUT2D eigenvalue weighted by Gasteiger charge is 2.10. The van der Waals surface area contributed by atoms with Crippen molar-refractivity contribution in [2.45, 2.75) is 0 Å². The Morgan fingerprint density at radius 1 is 1.00 bits per heavy atom. The number of ether oxygens (including phenoxy) is 2. The van der Waals surface area contributed by atoms with Crippen LogP contribution in [0.25, 0.3) is 10.9 Å². The maximum Gasteiger partial charge on any atom is 0.354 e. The second-order valence-electron chi connectivity index (χ2n) is 4.86. The second-order valence-corrected chi connectivity index (χ2v) is 4.86. The number of fused-ring (bicyclic) bond motifs is 1. The largest absolute Gasteiger partial charge is 0.478 e. The van der Waals surface area contributed by atoms with Crippen LogP contribution in [0.15, 0.2) is 48.5 Å². The van der Waals surface area contributed by atoms with E-state index in [1.165, 1.54) is 19.2 Å². The lowest BCUT2D eigenvalue weighted by Gasteiger charge is -2.06. The summed E-state index contributed by atoms with van der Waals surface area (Å²) in [5.41, 5.74) is 1.30. The molecular weight excluding hydrogens is 298 g/mol. The highest BCUT2D eigenvalue weighted by molar-refractivity contribution is 5.95. The molecule has 0 fully saturated rings. The Morgan fingerprint density at radius 2 is 1.70 bits per heavy atom. The molecule has 1 aromatic heterocycles. The van der Waals surface area contributed by atoms with Crippen LogP contribution in [0.1, 0.15) is 20.8 Å². The molecule has 0 bridgehead atoms. The number of benzene rings is 2. The molecule has 0 amide bonds. The van der Waals surface area contributed by atoms with Gasteiger partial charge in [0, 0.05) is 17.0 Å². The van der Waals surface area contributed by atoms with Gasteiger partial charge < -0.3 is 19.6 Å². The van der Waals surface area contributed by atoms with Gasteiger partial charge in [0.2, 0.25) is 0 Å². The zero-order chi connectivity index (χ0) is 16.4. The lowest BCUT2D eigenvalue weighted by atomic mass is 10.2. The molecule has 0 aliphatic carbocycles. The molecule has 0 aliphatic heterocycles. The predicted molar refractivity (Wildman–Crippen MR) is 83.1 cm³/mol. The normalized spacial score (nSPS) is 10.5. The van der Waals surface area contributed by atoms with Crippen LogP contribution in [0.3, 0.4) is 0 Å². The summed E-state index contributed by atoms with van der Waals surface area (Å²) in [6.07, 6.45) is 0. The van der Waals surface area contributed by atoms with Crippen molar-refractivity contribution in [2.24, 2.45) is 0 Å². The molecule has 23 heavy (non-hydrogen) atoms. The van der Waals surface area contributed by atoms with Gasteiger partial charge in [0.05, 0.1) is 12.7 Å². The van der Waals surface area contributed by atoms with Gasteiger partial charge in [-0.3, -0.25) is 0 Å². The minimum atomic E-state index is -0.986. The van der Waals surface area contributed by atoms with Gasteiger partial charge in [-0.2, -0.15) is 0 Å². The molecule has 3 rings (SSSR count). The van der Waals surface area contributed by atoms with E-state index in [0.717, 1.165) is 10.9 Å². The van der Waals surface area contributed by atoms with E-state index >= 15 is 0 Å². The number of nitrogens with one attached hydrogen (secondary N) is 1. The number of carboxylic acid groups (broad SMARTS) is 1. The Kier molecular flexibility index (Phi) is 3.72.